The number of aromatic nitrogens is 1. The Hall–Kier alpha value is -1.13. The quantitative estimate of drug-likeness (QED) is 0.456. The van der Waals surface area contributed by atoms with Gasteiger partial charge in [0.05, 0.1) is 12.8 Å². The fourth-order valence-electron chi connectivity index (χ4n) is 3.16. The molecule has 1 aromatic heterocycles. The minimum absolute atomic E-state index is 0.172. The lowest BCUT2D eigenvalue weighted by Crippen LogP contribution is -2.29. The van der Waals surface area contributed by atoms with Gasteiger partial charge in [-0.15, -0.1) is 0 Å². The Morgan fingerprint density at radius 3 is 2.71 bits per heavy atom. The summed E-state index contributed by atoms with van der Waals surface area (Å²) in [5, 5.41) is 0. The first-order chi connectivity index (χ1) is 10.3. The predicted octanol–water partition coefficient (Wildman–Crippen LogP) is 3.74. The van der Waals surface area contributed by atoms with Crippen molar-refractivity contribution in [1.29, 1.82) is 0 Å². The fraction of sp³-hybridized carbons (Fsp3) is 0.706. The van der Waals surface area contributed by atoms with E-state index in [1.54, 1.807) is 6.20 Å². The lowest BCUT2D eigenvalue weighted by Gasteiger charge is -2.22. The number of pyridine rings is 1. The Balaban J connectivity index is 1.98. The second-order valence-electron chi connectivity index (χ2n) is 6.11. The molecule has 0 radical (unpaired) electrons. The molecule has 118 valence electrons. The molecule has 1 saturated carbocycles. The normalized spacial score (nSPS) is 18.2. The third-order valence-corrected chi connectivity index (χ3v) is 4.35. The van der Waals surface area contributed by atoms with Crippen molar-refractivity contribution < 1.29 is 4.74 Å². The zero-order chi connectivity index (χ0) is 14.9. The number of nitrogens with one attached hydrogen (secondary N) is 1. The minimum atomic E-state index is 0.172. The van der Waals surface area contributed by atoms with Crippen LogP contribution in [0.2, 0.25) is 0 Å². The number of rotatable bonds is 7. The van der Waals surface area contributed by atoms with Crippen molar-refractivity contribution in [3.8, 4) is 5.75 Å². The average molecular weight is 291 g/mol. The van der Waals surface area contributed by atoms with Gasteiger partial charge in [0.25, 0.3) is 0 Å². The number of hydrogen-bond acceptors (Lipinski definition) is 4. The summed E-state index contributed by atoms with van der Waals surface area (Å²) in [6, 6.07) is 2.25. The lowest BCUT2D eigenvalue weighted by molar-refractivity contribution is 0.314. The van der Waals surface area contributed by atoms with Gasteiger partial charge in [-0.2, -0.15) is 0 Å². The summed E-state index contributed by atoms with van der Waals surface area (Å²) >= 11 is 0. The Morgan fingerprint density at radius 2 is 2.05 bits per heavy atom. The van der Waals surface area contributed by atoms with Gasteiger partial charge in [0, 0.05) is 12.2 Å². The first-order valence-electron chi connectivity index (χ1n) is 8.37. The van der Waals surface area contributed by atoms with E-state index in [4.69, 9.17) is 10.6 Å². The monoisotopic (exact) mass is 291 g/mol. The van der Waals surface area contributed by atoms with E-state index >= 15 is 0 Å². The zero-order valence-corrected chi connectivity index (χ0v) is 13.2. The minimum Gasteiger partial charge on any atom is -0.492 e. The summed E-state index contributed by atoms with van der Waals surface area (Å²) in [7, 11) is 0. The van der Waals surface area contributed by atoms with E-state index in [-0.39, 0.29) is 6.04 Å². The molecule has 1 aliphatic rings. The van der Waals surface area contributed by atoms with Crippen LogP contribution in [0, 0.1) is 5.92 Å². The van der Waals surface area contributed by atoms with Gasteiger partial charge >= 0.3 is 0 Å². The molecule has 4 heteroatoms. The molecule has 2 rings (SSSR count). The highest BCUT2D eigenvalue weighted by atomic mass is 16.5. The highest BCUT2D eigenvalue weighted by Crippen LogP contribution is 2.31. The van der Waals surface area contributed by atoms with E-state index in [1.807, 2.05) is 6.20 Å². The lowest BCUT2D eigenvalue weighted by atomic mass is 9.90. The van der Waals surface area contributed by atoms with E-state index in [0.717, 1.165) is 36.7 Å². The Kier molecular flexibility index (Phi) is 6.96. The predicted molar refractivity (Wildman–Crippen MR) is 85.9 cm³/mol. The van der Waals surface area contributed by atoms with E-state index in [1.165, 1.54) is 38.5 Å². The van der Waals surface area contributed by atoms with Crippen LogP contribution in [-0.4, -0.2) is 11.6 Å². The van der Waals surface area contributed by atoms with E-state index in [0.29, 0.717) is 0 Å². The van der Waals surface area contributed by atoms with Crippen molar-refractivity contribution in [1.82, 2.24) is 10.4 Å². The van der Waals surface area contributed by atoms with E-state index in [9.17, 15) is 0 Å². The first kappa shape index (κ1) is 16.2. The zero-order valence-electron chi connectivity index (χ0n) is 13.2. The third kappa shape index (κ3) is 5.29. The molecule has 1 aromatic rings. The highest BCUT2D eigenvalue weighted by Gasteiger charge is 2.19. The fourth-order valence-corrected chi connectivity index (χ4v) is 3.16. The molecule has 0 aromatic carbocycles. The molecule has 0 spiro atoms. The standard InChI is InChI=1S/C17H29N3O/c1-2-9-21-16-11-15(12-19-13-16)17(20-18)10-14-7-5-3-4-6-8-14/h11-14,17,20H,2-10,18H2,1H3. The van der Waals surface area contributed by atoms with Gasteiger partial charge in [0.2, 0.25) is 0 Å². The maximum absolute atomic E-state index is 5.79. The number of nitrogens with zero attached hydrogens (tertiary/aromatic N) is 1. The molecule has 0 amide bonds. The van der Waals surface area contributed by atoms with E-state index < -0.39 is 0 Å². The molecule has 0 aliphatic heterocycles. The molecule has 21 heavy (non-hydrogen) atoms. The summed E-state index contributed by atoms with van der Waals surface area (Å²) in [5.74, 6) is 7.41. The van der Waals surface area contributed by atoms with E-state index in [2.05, 4.69) is 23.4 Å². The smallest absolute Gasteiger partial charge is 0.137 e. The first-order valence-corrected chi connectivity index (χ1v) is 8.37. The van der Waals surface area contributed by atoms with Crippen LogP contribution in [0.1, 0.15) is 69.9 Å². The second kappa shape index (κ2) is 9.00. The van der Waals surface area contributed by atoms with Crippen molar-refractivity contribution in [2.75, 3.05) is 6.61 Å². The highest BCUT2D eigenvalue weighted by molar-refractivity contribution is 5.26. The summed E-state index contributed by atoms with van der Waals surface area (Å²) in [6.45, 7) is 2.84. The van der Waals surface area contributed by atoms with Gasteiger partial charge in [-0.1, -0.05) is 45.4 Å². The Morgan fingerprint density at radius 1 is 1.29 bits per heavy atom. The molecule has 0 saturated heterocycles. The third-order valence-electron chi connectivity index (χ3n) is 4.35. The van der Waals surface area contributed by atoms with Crippen LogP contribution in [0.5, 0.6) is 5.75 Å². The van der Waals surface area contributed by atoms with Gasteiger partial charge in [-0.05, 0) is 30.4 Å². The second-order valence-corrected chi connectivity index (χ2v) is 6.11. The van der Waals surface area contributed by atoms with Crippen LogP contribution >= 0.6 is 0 Å². The summed E-state index contributed by atoms with van der Waals surface area (Å²) in [4.78, 5) is 4.30. The molecule has 1 atom stereocenters. The molecule has 1 fully saturated rings. The number of hydrogen-bond donors (Lipinski definition) is 2. The van der Waals surface area contributed by atoms with Gasteiger partial charge in [0.1, 0.15) is 5.75 Å². The van der Waals surface area contributed by atoms with Gasteiger partial charge in [-0.3, -0.25) is 16.3 Å². The van der Waals surface area contributed by atoms with Crippen molar-refractivity contribution in [3.63, 3.8) is 0 Å². The summed E-state index contributed by atoms with van der Waals surface area (Å²) in [6.07, 6.45) is 13.9. The number of ether oxygens (including phenoxy) is 1. The number of hydrazine groups is 1. The largest absolute Gasteiger partial charge is 0.492 e. The molecule has 3 N–H and O–H groups in total. The topological polar surface area (TPSA) is 60.2 Å². The Labute approximate surface area is 128 Å². The van der Waals surface area contributed by atoms with Crippen molar-refractivity contribution >= 4 is 0 Å². The maximum Gasteiger partial charge on any atom is 0.137 e. The molecule has 4 nitrogen and oxygen atoms in total. The summed E-state index contributed by atoms with van der Waals surface area (Å²) in [5.41, 5.74) is 4.11. The summed E-state index contributed by atoms with van der Waals surface area (Å²) < 4.78 is 5.67. The molecular weight excluding hydrogens is 262 g/mol. The molecule has 1 aliphatic carbocycles. The Bertz CT molecular complexity index is 403. The van der Waals surface area contributed by atoms with Gasteiger partial charge in [-0.25, -0.2) is 0 Å². The van der Waals surface area contributed by atoms with Gasteiger partial charge < -0.3 is 4.74 Å². The van der Waals surface area contributed by atoms with Crippen molar-refractivity contribution in [3.05, 3.63) is 24.0 Å². The van der Waals surface area contributed by atoms with Crippen LogP contribution < -0.4 is 16.0 Å². The van der Waals surface area contributed by atoms with Crippen LogP contribution in [0.4, 0.5) is 0 Å². The van der Waals surface area contributed by atoms with Gasteiger partial charge in [0.15, 0.2) is 0 Å². The molecule has 1 unspecified atom stereocenters. The van der Waals surface area contributed by atoms with Crippen molar-refractivity contribution in [2.45, 2.75) is 64.3 Å². The maximum atomic E-state index is 5.79. The molecule has 0 bridgehead atoms. The van der Waals surface area contributed by atoms with Crippen molar-refractivity contribution in [2.24, 2.45) is 11.8 Å². The molecular formula is C17H29N3O. The average Bonchev–Trinajstić information content (AvgIpc) is 2.79. The van der Waals surface area contributed by atoms with Crippen LogP contribution in [0.15, 0.2) is 18.5 Å². The van der Waals surface area contributed by atoms with Crippen LogP contribution in [-0.2, 0) is 0 Å². The van der Waals surface area contributed by atoms with Crippen LogP contribution in [0.3, 0.4) is 0 Å². The van der Waals surface area contributed by atoms with Crippen LogP contribution in [0.25, 0.3) is 0 Å². The number of nitrogens with two attached hydrogens (primary N) is 1. The SMILES string of the molecule is CCCOc1cncc(C(CC2CCCCCC2)NN)c1. The molecule has 1 heterocycles.